The topological polar surface area (TPSA) is 28.9 Å². The monoisotopic (exact) mass is 1020 g/mol. The molecule has 17 rings (SSSR count). The summed E-state index contributed by atoms with van der Waals surface area (Å²) < 4.78 is 17.1. The molecule has 342 valence electrons. The molecule has 13 aromatic rings. The van der Waals surface area contributed by atoms with E-state index in [0.29, 0.717) is 0 Å². The Balaban J connectivity index is 1.04. The Morgan fingerprint density at radius 1 is 0.405 bits per heavy atom. The number of furan rings is 1. The maximum atomic E-state index is 7.19. The van der Waals surface area contributed by atoms with Crippen LogP contribution in [0, 0.1) is 0 Å². The standard InChI is InChI=1S/C66H38B2N2O2SSe/c1-4-19-39(20-5-1)42-27-18-28-43(40-21-6-2-7-22-40)64(42)70-51-37-56-49(68-47-30-13-16-33-54(47)72-66-61-45-26-11-17-34-58(45)74-59(61)38-57(73-56)63(66)68)35-48(51)67-46-29-12-14-31-50(46)69(41-23-8-3-9-24-41)65-60-44-25-10-15-32-53(44)71-55(60)36-52(70)62(65)67/h1-38H. The normalized spacial score (nSPS) is 13.6. The first-order valence-corrected chi connectivity index (χ1v) is 27.8. The molecular weight excluding hydrogens is 985 g/mol. The number of rotatable bonds is 4. The van der Waals surface area contributed by atoms with E-state index in [1.807, 2.05) is 11.8 Å². The van der Waals surface area contributed by atoms with Gasteiger partial charge in [0.15, 0.2) is 0 Å². The minimum Gasteiger partial charge on any atom is -0.0616 e. The Morgan fingerprint density at radius 2 is 1.07 bits per heavy atom. The number of fused-ring (bicyclic) bond motifs is 16. The predicted octanol–water partition coefficient (Wildman–Crippen LogP) is 13.5. The van der Waals surface area contributed by atoms with E-state index in [0.717, 1.165) is 78.4 Å². The van der Waals surface area contributed by atoms with Crippen LogP contribution >= 0.6 is 11.8 Å². The average molecular weight is 1020 g/mol. The van der Waals surface area contributed by atoms with Gasteiger partial charge in [-0.25, -0.2) is 0 Å². The second-order valence-electron chi connectivity index (χ2n) is 19.8. The van der Waals surface area contributed by atoms with E-state index < -0.39 is 0 Å². The molecule has 0 radical (unpaired) electrons. The van der Waals surface area contributed by atoms with Crippen LogP contribution in [0.1, 0.15) is 0 Å². The second kappa shape index (κ2) is 15.6. The van der Waals surface area contributed by atoms with Crippen molar-refractivity contribution < 1.29 is 9.15 Å². The van der Waals surface area contributed by atoms with Gasteiger partial charge in [0.1, 0.15) is 5.58 Å². The predicted molar refractivity (Wildman–Crippen MR) is 312 cm³/mol. The van der Waals surface area contributed by atoms with Crippen LogP contribution in [0.3, 0.4) is 0 Å². The van der Waals surface area contributed by atoms with E-state index in [2.05, 4.69) is 240 Å². The van der Waals surface area contributed by atoms with Gasteiger partial charge in [0, 0.05) is 11.1 Å². The van der Waals surface area contributed by atoms with E-state index >= 15 is 0 Å². The first-order chi connectivity index (χ1) is 36.7. The second-order valence-corrected chi connectivity index (χ2v) is 23.1. The summed E-state index contributed by atoms with van der Waals surface area (Å²) in [5.74, 6) is 1.96. The number of hydrogen-bond acceptors (Lipinski definition) is 5. The van der Waals surface area contributed by atoms with Crippen LogP contribution in [0.2, 0.25) is 0 Å². The maximum absolute atomic E-state index is 7.19. The fraction of sp³-hybridized carbons (Fsp3) is 0. The first kappa shape index (κ1) is 41.1. The van der Waals surface area contributed by atoms with Gasteiger partial charge >= 0.3 is 327 Å². The van der Waals surface area contributed by atoms with Crippen LogP contribution in [0.5, 0.6) is 11.5 Å². The Kier molecular flexibility index (Phi) is 8.65. The molecule has 0 atom stereocenters. The van der Waals surface area contributed by atoms with Crippen molar-refractivity contribution >= 4 is 148 Å². The van der Waals surface area contributed by atoms with E-state index in [4.69, 9.17) is 9.15 Å². The van der Waals surface area contributed by atoms with Crippen molar-refractivity contribution in [2.24, 2.45) is 0 Å². The molecule has 0 fully saturated rings. The third-order valence-corrected chi connectivity index (χ3v) is 19.4. The average Bonchev–Trinajstić information content (AvgIpc) is 4.14. The smallest absolute Gasteiger partial charge is 0.0616 e. The molecule has 0 unspecified atom stereocenters. The molecule has 0 N–H and O–H groups in total. The van der Waals surface area contributed by atoms with Gasteiger partial charge in [-0.3, -0.25) is 0 Å². The zero-order valence-corrected chi connectivity index (χ0v) is 42.2. The fourth-order valence-electron chi connectivity index (χ4n) is 13.0. The van der Waals surface area contributed by atoms with Gasteiger partial charge in [-0.2, -0.15) is 0 Å². The summed E-state index contributed by atoms with van der Waals surface area (Å²) in [5, 5.41) is 4.80. The molecule has 0 amide bonds. The summed E-state index contributed by atoms with van der Waals surface area (Å²) in [6.45, 7) is -0.173. The molecule has 4 nitrogen and oxygen atoms in total. The zero-order valence-electron chi connectivity index (χ0n) is 39.6. The Bertz CT molecular complexity index is 4480. The summed E-state index contributed by atoms with van der Waals surface area (Å²) in [6, 6.07) is 85.2. The van der Waals surface area contributed by atoms with Gasteiger partial charge in [0.25, 0.3) is 0 Å². The molecule has 2 aromatic heterocycles. The Hall–Kier alpha value is -8.38. The van der Waals surface area contributed by atoms with Gasteiger partial charge in [-0.15, -0.1) is 0 Å². The molecule has 0 spiro atoms. The third kappa shape index (κ3) is 5.68. The van der Waals surface area contributed by atoms with E-state index in [1.165, 1.54) is 73.2 Å². The number of hydrogen-bond donors (Lipinski definition) is 0. The summed E-state index contributed by atoms with van der Waals surface area (Å²) >= 11 is 2.08. The van der Waals surface area contributed by atoms with Gasteiger partial charge in [-0.05, 0) is 18.2 Å². The molecule has 0 saturated carbocycles. The molecule has 8 heteroatoms. The molecule has 4 aliphatic rings. The first-order valence-electron chi connectivity index (χ1n) is 25.3. The van der Waals surface area contributed by atoms with Crippen molar-refractivity contribution in [1.29, 1.82) is 0 Å². The Labute approximate surface area is 438 Å². The molecule has 0 bridgehead atoms. The van der Waals surface area contributed by atoms with Crippen molar-refractivity contribution in [3.05, 3.63) is 231 Å². The van der Waals surface area contributed by atoms with Crippen LogP contribution < -0.4 is 47.3 Å². The van der Waals surface area contributed by atoms with Crippen LogP contribution in [-0.4, -0.2) is 27.9 Å². The van der Waals surface area contributed by atoms with E-state index in [1.54, 1.807) is 0 Å². The van der Waals surface area contributed by atoms with Crippen molar-refractivity contribution in [2.45, 2.75) is 9.79 Å². The molecular formula is C66H38B2N2O2SSe. The van der Waals surface area contributed by atoms with Crippen LogP contribution in [0.15, 0.2) is 245 Å². The summed E-state index contributed by atoms with van der Waals surface area (Å²) in [5.41, 5.74) is 20.8. The minimum atomic E-state index is -0.134. The molecule has 0 aliphatic carbocycles. The van der Waals surface area contributed by atoms with Crippen molar-refractivity contribution in [3.8, 4) is 33.8 Å². The minimum absolute atomic E-state index is 0.0391. The van der Waals surface area contributed by atoms with Crippen molar-refractivity contribution in [2.75, 3.05) is 9.80 Å². The van der Waals surface area contributed by atoms with Gasteiger partial charge < -0.3 is 0 Å². The van der Waals surface area contributed by atoms with Gasteiger partial charge in [0.2, 0.25) is 0 Å². The number of anilines is 6. The molecule has 6 heterocycles. The zero-order chi connectivity index (χ0) is 48.2. The number of ether oxygens (including phenoxy) is 1. The number of nitrogens with zero attached hydrogens (tertiary/aromatic N) is 2. The summed E-state index contributed by atoms with van der Waals surface area (Å²) in [7, 11) is 0. The van der Waals surface area contributed by atoms with E-state index in [9.17, 15) is 0 Å². The Morgan fingerprint density at radius 3 is 1.86 bits per heavy atom. The van der Waals surface area contributed by atoms with Crippen LogP contribution in [0.25, 0.3) is 63.5 Å². The molecule has 0 saturated heterocycles. The molecule has 4 aliphatic heterocycles. The quantitative estimate of drug-likeness (QED) is 0.164. The van der Waals surface area contributed by atoms with Crippen molar-refractivity contribution in [1.82, 2.24) is 0 Å². The van der Waals surface area contributed by atoms with Crippen molar-refractivity contribution in [3.63, 3.8) is 0 Å². The number of benzene rings is 11. The molecule has 11 aromatic carbocycles. The molecule has 74 heavy (non-hydrogen) atoms. The summed E-state index contributed by atoms with van der Waals surface area (Å²) in [4.78, 5) is 7.69. The summed E-state index contributed by atoms with van der Waals surface area (Å²) in [6.07, 6.45) is 0. The van der Waals surface area contributed by atoms with Crippen LogP contribution in [-0.2, 0) is 0 Å². The third-order valence-electron chi connectivity index (χ3n) is 15.9. The van der Waals surface area contributed by atoms with Crippen LogP contribution in [0.4, 0.5) is 34.1 Å². The number of para-hydroxylation sites is 5. The SMILES string of the molecule is c1ccc(-c2cccc(-c3ccccc3)c2N2c3cc4c(cc3B3c5ccccc5N(c5ccccc5)c5c3c2cc2oc3ccccc3c52)B2c3ccccc3Oc3c2c(cc2[se]c5ccccc5c32)S4)cc1. The van der Waals surface area contributed by atoms with Gasteiger partial charge in [0.05, 0.1) is 0 Å². The fourth-order valence-corrected chi connectivity index (χ4v) is 16.7. The van der Waals surface area contributed by atoms with Gasteiger partial charge in [-0.1, -0.05) is 78.9 Å². The van der Waals surface area contributed by atoms with E-state index in [-0.39, 0.29) is 27.9 Å².